The summed E-state index contributed by atoms with van der Waals surface area (Å²) in [4.78, 5) is 0. The number of halogens is 1. The number of hydrogen-bond acceptors (Lipinski definition) is 3. The van der Waals surface area contributed by atoms with Gasteiger partial charge in [0.2, 0.25) is 0 Å². The molecule has 0 N–H and O–H groups in total. The van der Waals surface area contributed by atoms with Gasteiger partial charge in [-0.1, -0.05) is 48.6 Å². The minimum atomic E-state index is -0.177. The van der Waals surface area contributed by atoms with Gasteiger partial charge < -0.3 is 0 Å². The van der Waals surface area contributed by atoms with Gasteiger partial charge in [0, 0.05) is 0 Å². The summed E-state index contributed by atoms with van der Waals surface area (Å²) < 4.78 is 0. The zero-order valence-electron chi connectivity index (χ0n) is 8.35. The van der Waals surface area contributed by atoms with Crippen molar-refractivity contribution in [2.24, 2.45) is 0 Å². The standard InChI is InChI=1S/C11H11ClN2S/c1-2-9-13-14-11(15-9)10(12)8-6-4-3-5-7-8/h3-7,10H,2H2,1H3. The molecule has 1 aromatic carbocycles. The Balaban J connectivity index is 2.24. The van der Waals surface area contributed by atoms with Gasteiger partial charge >= 0.3 is 0 Å². The van der Waals surface area contributed by atoms with Crippen molar-refractivity contribution in [3.8, 4) is 0 Å². The number of nitrogens with zero attached hydrogens (tertiary/aromatic N) is 2. The minimum absolute atomic E-state index is 0.177. The zero-order valence-corrected chi connectivity index (χ0v) is 9.92. The monoisotopic (exact) mass is 238 g/mol. The van der Waals surface area contributed by atoms with Crippen molar-refractivity contribution >= 4 is 22.9 Å². The molecule has 0 bridgehead atoms. The van der Waals surface area contributed by atoms with Gasteiger partial charge in [-0.25, -0.2) is 0 Å². The van der Waals surface area contributed by atoms with Crippen LogP contribution < -0.4 is 0 Å². The first-order valence-corrected chi connectivity index (χ1v) is 6.08. The number of aryl methyl sites for hydroxylation is 1. The molecule has 2 aromatic rings. The summed E-state index contributed by atoms with van der Waals surface area (Å²) in [5, 5.41) is 9.90. The molecule has 0 aliphatic heterocycles. The Morgan fingerprint density at radius 3 is 2.60 bits per heavy atom. The molecule has 4 heteroatoms. The van der Waals surface area contributed by atoms with E-state index in [9.17, 15) is 0 Å². The Bertz CT molecular complexity index is 427. The largest absolute Gasteiger partial charge is 0.144 e. The molecule has 1 atom stereocenters. The van der Waals surface area contributed by atoms with Gasteiger partial charge in [-0.05, 0) is 12.0 Å². The predicted octanol–water partition coefficient (Wildman–Crippen LogP) is 3.43. The van der Waals surface area contributed by atoms with Crippen LogP contribution in [0.25, 0.3) is 0 Å². The molecule has 2 nitrogen and oxygen atoms in total. The number of aromatic nitrogens is 2. The normalized spacial score (nSPS) is 12.7. The van der Waals surface area contributed by atoms with E-state index in [4.69, 9.17) is 11.6 Å². The summed E-state index contributed by atoms with van der Waals surface area (Å²) in [6.45, 7) is 2.07. The van der Waals surface area contributed by atoms with E-state index < -0.39 is 0 Å². The van der Waals surface area contributed by atoms with Crippen molar-refractivity contribution in [2.75, 3.05) is 0 Å². The van der Waals surface area contributed by atoms with Crippen LogP contribution in [0.4, 0.5) is 0 Å². The average molecular weight is 239 g/mol. The molecule has 0 saturated carbocycles. The first-order valence-electron chi connectivity index (χ1n) is 4.82. The van der Waals surface area contributed by atoms with Crippen LogP contribution in [0.1, 0.15) is 27.9 Å². The van der Waals surface area contributed by atoms with Crippen molar-refractivity contribution in [2.45, 2.75) is 18.7 Å². The Kier molecular flexibility index (Phi) is 3.34. The molecule has 78 valence electrons. The Morgan fingerprint density at radius 1 is 1.27 bits per heavy atom. The highest BCUT2D eigenvalue weighted by molar-refractivity contribution is 7.11. The van der Waals surface area contributed by atoms with Gasteiger partial charge in [-0.3, -0.25) is 0 Å². The van der Waals surface area contributed by atoms with E-state index in [2.05, 4.69) is 17.1 Å². The summed E-state index contributed by atoms with van der Waals surface area (Å²) in [5.41, 5.74) is 1.07. The maximum Gasteiger partial charge on any atom is 0.139 e. The van der Waals surface area contributed by atoms with E-state index in [1.54, 1.807) is 11.3 Å². The number of alkyl halides is 1. The molecule has 0 radical (unpaired) electrons. The van der Waals surface area contributed by atoms with Crippen LogP contribution in [-0.2, 0) is 6.42 Å². The first kappa shape index (κ1) is 10.6. The number of hydrogen-bond donors (Lipinski definition) is 0. The van der Waals surface area contributed by atoms with E-state index in [0.717, 1.165) is 22.0 Å². The van der Waals surface area contributed by atoms with E-state index in [-0.39, 0.29) is 5.38 Å². The van der Waals surface area contributed by atoms with E-state index in [1.165, 1.54) is 0 Å². The molecule has 0 amide bonds. The topological polar surface area (TPSA) is 25.8 Å². The quantitative estimate of drug-likeness (QED) is 0.766. The molecule has 0 fully saturated rings. The summed E-state index contributed by atoms with van der Waals surface area (Å²) >= 11 is 7.89. The molecule has 1 heterocycles. The molecule has 0 saturated heterocycles. The summed E-state index contributed by atoms with van der Waals surface area (Å²) in [5.74, 6) is 0. The highest BCUT2D eigenvalue weighted by atomic mass is 35.5. The fraction of sp³-hybridized carbons (Fsp3) is 0.273. The van der Waals surface area contributed by atoms with Crippen LogP contribution in [0.3, 0.4) is 0 Å². The second-order valence-corrected chi connectivity index (χ2v) is 4.69. The second kappa shape index (κ2) is 4.73. The Labute approximate surface area is 97.9 Å². The van der Waals surface area contributed by atoms with E-state index >= 15 is 0 Å². The third-order valence-electron chi connectivity index (χ3n) is 2.09. The smallest absolute Gasteiger partial charge is 0.139 e. The molecule has 0 aliphatic rings. The summed E-state index contributed by atoms with van der Waals surface area (Å²) in [6, 6.07) is 9.94. The minimum Gasteiger partial charge on any atom is -0.144 e. The lowest BCUT2D eigenvalue weighted by atomic mass is 10.1. The van der Waals surface area contributed by atoms with Gasteiger partial charge in [0.15, 0.2) is 0 Å². The lowest BCUT2D eigenvalue weighted by Gasteiger charge is -2.04. The van der Waals surface area contributed by atoms with Crippen LogP contribution >= 0.6 is 22.9 Å². The number of benzene rings is 1. The Morgan fingerprint density at radius 2 is 2.00 bits per heavy atom. The SMILES string of the molecule is CCc1nnc(C(Cl)c2ccccc2)s1. The van der Waals surface area contributed by atoms with Gasteiger partial charge in [-0.2, -0.15) is 0 Å². The maximum atomic E-state index is 6.31. The lowest BCUT2D eigenvalue weighted by molar-refractivity contribution is 0.937. The van der Waals surface area contributed by atoms with E-state index in [1.807, 2.05) is 30.3 Å². The molecular weight excluding hydrogens is 228 g/mol. The lowest BCUT2D eigenvalue weighted by Crippen LogP contribution is -1.91. The third kappa shape index (κ3) is 2.36. The van der Waals surface area contributed by atoms with Crippen molar-refractivity contribution in [3.05, 3.63) is 45.9 Å². The second-order valence-electron chi connectivity index (χ2n) is 3.16. The van der Waals surface area contributed by atoms with Crippen LogP contribution in [-0.4, -0.2) is 10.2 Å². The molecule has 2 rings (SSSR count). The highest BCUT2D eigenvalue weighted by Gasteiger charge is 2.15. The summed E-state index contributed by atoms with van der Waals surface area (Å²) in [7, 11) is 0. The number of rotatable bonds is 3. The van der Waals surface area contributed by atoms with Gasteiger partial charge in [0.05, 0.1) is 0 Å². The fourth-order valence-corrected chi connectivity index (χ4v) is 2.39. The van der Waals surface area contributed by atoms with E-state index in [0.29, 0.717) is 0 Å². The van der Waals surface area contributed by atoms with Gasteiger partial charge in [-0.15, -0.1) is 21.8 Å². The molecule has 15 heavy (non-hydrogen) atoms. The molecule has 1 aromatic heterocycles. The van der Waals surface area contributed by atoms with Crippen LogP contribution in [0.2, 0.25) is 0 Å². The average Bonchev–Trinajstić information content (AvgIpc) is 2.78. The van der Waals surface area contributed by atoms with Crippen LogP contribution in [0.5, 0.6) is 0 Å². The van der Waals surface area contributed by atoms with Gasteiger partial charge in [0.25, 0.3) is 0 Å². The highest BCUT2D eigenvalue weighted by Crippen LogP contribution is 2.30. The first-order chi connectivity index (χ1) is 7.31. The third-order valence-corrected chi connectivity index (χ3v) is 3.81. The summed E-state index contributed by atoms with van der Waals surface area (Å²) in [6.07, 6.45) is 0.913. The van der Waals surface area contributed by atoms with Crippen LogP contribution in [0, 0.1) is 0 Å². The van der Waals surface area contributed by atoms with Crippen molar-refractivity contribution in [1.82, 2.24) is 10.2 Å². The van der Waals surface area contributed by atoms with Gasteiger partial charge in [0.1, 0.15) is 15.4 Å². The fourth-order valence-electron chi connectivity index (χ4n) is 1.28. The molecular formula is C11H11ClN2S. The zero-order chi connectivity index (χ0) is 10.7. The van der Waals surface area contributed by atoms with Crippen LogP contribution in [0.15, 0.2) is 30.3 Å². The Hall–Kier alpha value is -0.930. The maximum absolute atomic E-state index is 6.31. The molecule has 0 aliphatic carbocycles. The van der Waals surface area contributed by atoms with Crippen molar-refractivity contribution in [3.63, 3.8) is 0 Å². The predicted molar refractivity (Wildman–Crippen MR) is 63.4 cm³/mol. The van der Waals surface area contributed by atoms with Crippen molar-refractivity contribution < 1.29 is 0 Å². The molecule has 1 unspecified atom stereocenters. The molecule has 0 spiro atoms. The van der Waals surface area contributed by atoms with Crippen molar-refractivity contribution in [1.29, 1.82) is 0 Å².